The van der Waals surface area contributed by atoms with Gasteiger partial charge in [-0.2, -0.15) is 0 Å². The standard InChI is InChI=1S/C12H17NO3/c1-10(2)5-7-16-12(15)8-13-6-3-4-11(13)9-14/h3-4,6,9-10H,5,7-8H2,1-2H3. The SMILES string of the molecule is CC(C)CCOC(=O)Cn1cccc1C=O. The summed E-state index contributed by atoms with van der Waals surface area (Å²) in [6, 6.07) is 3.39. The summed E-state index contributed by atoms with van der Waals surface area (Å²) in [5.74, 6) is 0.213. The van der Waals surface area contributed by atoms with Crippen LogP contribution in [-0.2, 0) is 16.1 Å². The van der Waals surface area contributed by atoms with E-state index in [1.54, 1.807) is 22.9 Å². The van der Waals surface area contributed by atoms with Crippen LogP contribution < -0.4 is 0 Å². The molecule has 0 aliphatic heterocycles. The summed E-state index contributed by atoms with van der Waals surface area (Å²) < 4.78 is 6.62. The molecule has 4 nitrogen and oxygen atoms in total. The minimum atomic E-state index is -0.306. The Bertz CT molecular complexity index is 355. The van der Waals surface area contributed by atoms with Crippen LogP contribution in [0.4, 0.5) is 0 Å². The summed E-state index contributed by atoms with van der Waals surface area (Å²) in [6.07, 6.45) is 3.27. The average Bonchev–Trinajstić information content (AvgIpc) is 2.64. The van der Waals surface area contributed by atoms with Gasteiger partial charge in [-0.25, -0.2) is 0 Å². The first-order chi connectivity index (χ1) is 7.63. The van der Waals surface area contributed by atoms with Gasteiger partial charge in [0.05, 0.1) is 12.3 Å². The maximum atomic E-state index is 11.4. The van der Waals surface area contributed by atoms with Crippen LogP contribution in [0.25, 0.3) is 0 Å². The van der Waals surface area contributed by atoms with Crippen molar-refractivity contribution in [2.45, 2.75) is 26.8 Å². The number of ether oxygens (including phenoxy) is 1. The number of hydrogen-bond acceptors (Lipinski definition) is 3. The van der Waals surface area contributed by atoms with Crippen molar-refractivity contribution in [1.82, 2.24) is 4.57 Å². The van der Waals surface area contributed by atoms with Gasteiger partial charge in [-0.05, 0) is 24.5 Å². The second kappa shape index (κ2) is 6.10. The van der Waals surface area contributed by atoms with Gasteiger partial charge in [0.1, 0.15) is 6.54 Å². The summed E-state index contributed by atoms with van der Waals surface area (Å²) in [5, 5.41) is 0. The highest BCUT2D eigenvalue weighted by molar-refractivity contribution is 5.75. The summed E-state index contributed by atoms with van der Waals surface area (Å²) in [5.41, 5.74) is 0.487. The lowest BCUT2D eigenvalue weighted by molar-refractivity contribution is -0.144. The van der Waals surface area contributed by atoms with Gasteiger partial charge in [-0.3, -0.25) is 9.59 Å². The highest BCUT2D eigenvalue weighted by Gasteiger charge is 2.07. The van der Waals surface area contributed by atoms with Crippen LogP contribution in [-0.4, -0.2) is 23.4 Å². The zero-order chi connectivity index (χ0) is 12.0. The number of carbonyl (C=O) groups excluding carboxylic acids is 2. The minimum Gasteiger partial charge on any atom is -0.464 e. The van der Waals surface area contributed by atoms with E-state index in [-0.39, 0.29) is 12.5 Å². The van der Waals surface area contributed by atoms with Crippen molar-refractivity contribution in [3.63, 3.8) is 0 Å². The third kappa shape index (κ3) is 3.88. The van der Waals surface area contributed by atoms with Gasteiger partial charge in [-0.1, -0.05) is 13.8 Å². The molecule has 0 radical (unpaired) electrons. The van der Waals surface area contributed by atoms with Gasteiger partial charge >= 0.3 is 5.97 Å². The molecule has 0 N–H and O–H groups in total. The second-order valence-corrected chi connectivity index (χ2v) is 4.08. The molecule has 0 saturated heterocycles. The first kappa shape index (κ1) is 12.5. The summed E-state index contributed by atoms with van der Waals surface area (Å²) in [6.45, 7) is 4.68. The number of carbonyl (C=O) groups is 2. The van der Waals surface area contributed by atoms with Crippen molar-refractivity contribution in [3.05, 3.63) is 24.0 Å². The van der Waals surface area contributed by atoms with E-state index < -0.39 is 0 Å². The highest BCUT2D eigenvalue weighted by Crippen LogP contribution is 2.02. The topological polar surface area (TPSA) is 48.3 Å². The number of esters is 1. The molecule has 0 aromatic carbocycles. The fourth-order valence-electron chi connectivity index (χ4n) is 1.27. The molecular weight excluding hydrogens is 206 g/mol. The Kier molecular flexibility index (Phi) is 4.76. The average molecular weight is 223 g/mol. The maximum Gasteiger partial charge on any atom is 0.325 e. The lowest BCUT2D eigenvalue weighted by Gasteiger charge is -2.08. The van der Waals surface area contributed by atoms with Gasteiger partial charge in [0, 0.05) is 6.20 Å². The van der Waals surface area contributed by atoms with Gasteiger partial charge in [0.25, 0.3) is 0 Å². The van der Waals surface area contributed by atoms with Gasteiger partial charge in [0.2, 0.25) is 0 Å². The molecule has 1 aromatic rings. The van der Waals surface area contributed by atoms with E-state index in [1.807, 2.05) is 0 Å². The van der Waals surface area contributed by atoms with Crippen LogP contribution in [0.2, 0.25) is 0 Å². The Hall–Kier alpha value is -1.58. The Morgan fingerprint density at radius 1 is 1.56 bits per heavy atom. The zero-order valence-corrected chi connectivity index (χ0v) is 9.68. The van der Waals surface area contributed by atoms with E-state index in [2.05, 4.69) is 13.8 Å². The molecule has 0 bridgehead atoms. The van der Waals surface area contributed by atoms with Crippen LogP contribution in [0, 0.1) is 5.92 Å². The van der Waals surface area contributed by atoms with E-state index in [9.17, 15) is 9.59 Å². The fourth-order valence-corrected chi connectivity index (χ4v) is 1.27. The second-order valence-electron chi connectivity index (χ2n) is 4.08. The van der Waals surface area contributed by atoms with Crippen molar-refractivity contribution in [3.8, 4) is 0 Å². The molecule has 0 spiro atoms. The lowest BCUT2D eigenvalue weighted by atomic mass is 10.1. The van der Waals surface area contributed by atoms with E-state index >= 15 is 0 Å². The highest BCUT2D eigenvalue weighted by atomic mass is 16.5. The summed E-state index contributed by atoms with van der Waals surface area (Å²) in [4.78, 5) is 22.0. The number of hydrogen-bond donors (Lipinski definition) is 0. The van der Waals surface area contributed by atoms with Crippen LogP contribution in [0.1, 0.15) is 30.8 Å². The molecule has 0 unspecified atom stereocenters. The fraction of sp³-hybridized carbons (Fsp3) is 0.500. The molecule has 1 rings (SSSR count). The van der Waals surface area contributed by atoms with Crippen molar-refractivity contribution in [1.29, 1.82) is 0 Å². The molecular formula is C12H17NO3. The number of aromatic nitrogens is 1. The van der Waals surface area contributed by atoms with E-state index in [4.69, 9.17) is 4.74 Å². The Morgan fingerprint density at radius 3 is 2.94 bits per heavy atom. The van der Waals surface area contributed by atoms with Gasteiger partial charge < -0.3 is 9.30 Å². The Labute approximate surface area is 95.2 Å². The lowest BCUT2D eigenvalue weighted by Crippen LogP contribution is -2.15. The number of rotatable bonds is 6. The Morgan fingerprint density at radius 2 is 2.31 bits per heavy atom. The largest absolute Gasteiger partial charge is 0.464 e. The first-order valence-electron chi connectivity index (χ1n) is 5.39. The van der Waals surface area contributed by atoms with Crippen LogP contribution in [0.3, 0.4) is 0 Å². The molecule has 16 heavy (non-hydrogen) atoms. The van der Waals surface area contributed by atoms with Crippen molar-refractivity contribution in [2.75, 3.05) is 6.61 Å². The predicted octanol–water partition coefficient (Wildman–Crippen LogP) is 1.89. The molecule has 88 valence electrons. The first-order valence-corrected chi connectivity index (χ1v) is 5.39. The molecule has 1 heterocycles. The van der Waals surface area contributed by atoms with Crippen LogP contribution in [0.5, 0.6) is 0 Å². The zero-order valence-electron chi connectivity index (χ0n) is 9.68. The third-order valence-corrected chi connectivity index (χ3v) is 2.24. The van der Waals surface area contributed by atoms with E-state index in [0.717, 1.165) is 12.7 Å². The molecule has 0 saturated carbocycles. The smallest absolute Gasteiger partial charge is 0.325 e. The number of nitrogens with zero attached hydrogens (tertiary/aromatic N) is 1. The molecule has 0 atom stereocenters. The van der Waals surface area contributed by atoms with E-state index in [1.165, 1.54) is 0 Å². The van der Waals surface area contributed by atoms with Crippen molar-refractivity contribution >= 4 is 12.3 Å². The molecule has 4 heteroatoms. The quantitative estimate of drug-likeness (QED) is 0.546. The summed E-state index contributed by atoms with van der Waals surface area (Å²) >= 11 is 0. The molecule has 1 aromatic heterocycles. The Balaban J connectivity index is 2.37. The molecule has 0 aliphatic carbocycles. The normalized spacial score (nSPS) is 10.4. The monoisotopic (exact) mass is 223 g/mol. The number of aldehydes is 1. The van der Waals surface area contributed by atoms with Crippen LogP contribution in [0.15, 0.2) is 18.3 Å². The summed E-state index contributed by atoms with van der Waals surface area (Å²) in [7, 11) is 0. The maximum absolute atomic E-state index is 11.4. The van der Waals surface area contributed by atoms with Crippen molar-refractivity contribution < 1.29 is 14.3 Å². The third-order valence-electron chi connectivity index (χ3n) is 2.24. The van der Waals surface area contributed by atoms with E-state index in [0.29, 0.717) is 18.2 Å². The minimum absolute atomic E-state index is 0.0964. The molecule has 0 fully saturated rings. The predicted molar refractivity (Wildman–Crippen MR) is 60.2 cm³/mol. The van der Waals surface area contributed by atoms with Gasteiger partial charge in [-0.15, -0.1) is 0 Å². The molecule has 0 aliphatic rings. The van der Waals surface area contributed by atoms with Crippen LogP contribution >= 0.6 is 0 Å². The van der Waals surface area contributed by atoms with Gasteiger partial charge in [0.15, 0.2) is 6.29 Å². The van der Waals surface area contributed by atoms with Crippen molar-refractivity contribution in [2.24, 2.45) is 5.92 Å². The molecule has 0 amide bonds.